The van der Waals surface area contributed by atoms with E-state index in [2.05, 4.69) is 24.5 Å². The van der Waals surface area contributed by atoms with Crippen LogP contribution >= 0.6 is 0 Å². The third-order valence-corrected chi connectivity index (χ3v) is 2.43. The maximum atomic E-state index is 11.1. The van der Waals surface area contributed by atoms with Crippen molar-refractivity contribution in [3.63, 3.8) is 0 Å². The monoisotopic (exact) mass is 286 g/mol. The second-order valence-electron chi connectivity index (χ2n) is 4.52. The smallest absolute Gasteiger partial charge is 0.333 e. The number of rotatable bonds is 9. The molecule has 0 bridgehead atoms. The molecular formula is C14H22O6. The van der Waals surface area contributed by atoms with Gasteiger partial charge >= 0.3 is 5.97 Å². The lowest BCUT2D eigenvalue weighted by Crippen LogP contribution is -2.42. The Bertz CT molecular complexity index is 351. The van der Waals surface area contributed by atoms with Gasteiger partial charge in [-0.15, -0.1) is 0 Å². The molecule has 0 radical (unpaired) electrons. The first-order valence-corrected chi connectivity index (χ1v) is 6.01. The number of carbonyl (C=O) groups is 1. The van der Waals surface area contributed by atoms with Crippen molar-refractivity contribution >= 4 is 5.97 Å². The van der Waals surface area contributed by atoms with E-state index in [1.54, 1.807) is 6.92 Å². The zero-order valence-corrected chi connectivity index (χ0v) is 11.8. The first-order valence-electron chi connectivity index (χ1n) is 6.01. The Balaban J connectivity index is 4.18. The lowest BCUT2D eigenvalue weighted by molar-refractivity contribution is -0.148. The second-order valence-corrected chi connectivity index (χ2v) is 4.52. The fourth-order valence-corrected chi connectivity index (χ4v) is 1.05. The van der Waals surface area contributed by atoms with Crippen molar-refractivity contribution in [1.82, 2.24) is 0 Å². The van der Waals surface area contributed by atoms with Crippen LogP contribution in [0.5, 0.6) is 0 Å². The number of allylic oxidation sites excluding steroid dienone is 1. The predicted molar refractivity (Wildman–Crippen MR) is 73.7 cm³/mol. The highest BCUT2D eigenvalue weighted by Crippen LogP contribution is 2.09. The molecule has 3 N–H and O–H groups in total. The molecule has 0 spiro atoms. The zero-order valence-electron chi connectivity index (χ0n) is 11.8. The maximum absolute atomic E-state index is 11.1. The molecule has 20 heavy (non-hydrogen) atoms. The summed E-state index contributed by atoms with van der Waals surface area (Å²) < 4.78 is 9.73. The van der Waals surface area contributed by atoms with Crippen molar-refractivity contribution in [3.8, 4) is 0 Å². The average Bonchev–Trinajstić information content (AvgIpc) is 2.39. The minimum atomic E-state index is -1.52. The van der Waals surface area contributed by atoms with Crippen LogP contribution in [-0.2, 0) is 14.3 Å². The van der Waals surface area contributed by atoms with Crippen LogP contribution in [0.1, 0.15) is 13.8 Å². The molecule has 0 aliphatic carbocycles. The highest BCUT2D eigenvalue weighted by Gasteiger charge is 2.26. The van der Waals surface area contributed by atoms with E-state index < -0.39 is 30.9 Å². The first kappa shape index (κ1) is 18.4. The number of esters is 1. The van der Waals surface area contributed by atoms with Gasteiger partial charge in [-0.3, -0.25) is 0 Å². The maximum Gasteiger partial charge on any atom is 0.333 e. The van der Waals surface area contributed by atoms with Gasteiger partial charge in [-0.2, -0.15) is 0 Å². The quantitative estimate of drug-likeness (QED) is 0.244. The van der Waals surface area contributed by atoms with Gasteiger partial charge in [0.2, 0.25) is 0 Å². The van der Waals surface area contributed by atoms with E-state index in [0.29, 0.717) is 5.57 Å². The van der Waals surface area contributed by atoms with Crippen LogP contribution < -0.4 is 0 Å². The second kappa shape index (κ2) is 8.52. The molecule has 0 aromatic heterocycles. The Hall–Kier alpha value is -1.63. The highest BCUT2D eigenvalue weighted by molar-refractivity contribution is 5.86. The van der Waals surface area contributed by atoms with Crippen LogP contribution in [-0.4, -0.2) is 52.8 Å². The van der Waals surface area contributed by atoms with Crippen LogP contribution in [0.25, 0.3) is 0 Å². The number of carbonyl (C=O) groups excluding carboxylic acids is 1. The Morgan fingerprint density at radius 1 is 0.950 bits per heavy atom. The average molecular weight is 286 g/mol. The largest absolute Gasteiger partial charge is 0.491 e. The molecule has 6 heteroatoms. The molecule has 0 amide bonds. The van der Waals surface area contributed by atoms with Gasteiger partial charge in [-0.1, -0.05) is 19.7 Å². The van der Waals surface area contributed by atoms with E-state index in [1.165, 1.54) is 6.92 Å². The van der Waals surface area contributed by atoms with Gasteiger partial charge in [-0.25, -0.2) is 4.79 Å². The fourth-order valence-electron chi connectivity index (χ4n) is 1.05. The molecule has 0 aromatic carbocycles. The summed E-state index contributed by atoms with van der Waals surface area (Å²) in [5, 5.41) is 28.9. The summed E-state index contributed by atoms with van der Waals surface area (Å²) in [6.45, 7) is 12.9. The first-order chi connectivity index (χ1) is 9.16. The number of aliphatic hydroxyl groups is 3. The molecule has 0 saturated heterocycles. The molecule has 0 heterocycles. The van der Waals surface area contributed by atoms with Crippen LogP contribution in [0.2, 0.25) is 0 Å². The molecule has 0 fully saturated rings. The Morgan fingerprint density at radius 3 is 1.80 bits per heavy atom. The van der Waals surface area contributed by atoms with Gasteiger partial charge in [-0.05, 0) is 19.4 Å². The van der Waals surface area contributed by atoms with Crippen molar-refractivity contribution < 1.29 is 29.6 Å². The van der Waals surface area contributed by atoms with Gasteiger partial charge in [0.15, 0.2) is 0 Å². The molecular weight excluding hydrogens is 264 g/mol. The number of aliphatic hydroxyl groups excluding tert-OH is 3. The predicted octanol–water partition coefficient (Wildman–Crippen LogP) is 0.295. The molecule has 0 aromatic rings. The van der Waals surface area contributed by atoms with Gasteiger partial charge in [0.05, 0.1) is 0 Å². The molecule has 0 rings (SSSR count). The minimum absolute atomic E-state index is 0.174. The summed E-state index contributed by atoms with van der Waals surface area (Å²) >= 11 is 0. The normalized spacial score (nSPS) is 14.8. The number of ether oxygens (including phenoxy) is 2. The Kier molecular flexibility index (Phi) is 7.83. The van der Waals surface area contributed by atoms with Crippen molar-refractivity contribution in [2.24, 2.45) is 0 Å². The molecule has 0 aliphatic heterocycles. The zero-order chi connectivity index (χ0) is 15.9. The SMILES string of the molecule is C=C(C)C(=C)OCC(O)C(O)C(O)COC(=O)C(=C)C. The molecule has 3 atom stereocenters. The summed E-state index contributed by atoms with van der Waals surface area (Å²) in [4.78, 5) is 11.1. The molecule has 0 aliphatic rings. The third-order valence-electron chi connectivity index (χ3n) is 2.43. The third kappa shape index (κ3) is 6.51. The van der Waals surface area contributed by atoms with Crippen molar-refractivity contribution in [2.45, 2.75) is 32.2 Å². The van der Waals surface area contributed by atoms with Gasteiger partial charge in [0, 0.05) is 5.57 Å². The summed E-state index contributed by atoms with van der Waals surface area (Å²) in [5.74, 6) is -0.405. The summed E-state index contributed by atoms with van der Waals surface area (Å²) in [6, 6.07) is 0. The summed E-state index contributed by atoms with van der Waals surface area (Å²) in [6.07, 6.45) is -4.31. The van der Waals surface area contributed by atoms with E-state index >= 15 is 0 Å². The Labute approximate surface area is 118 Å². The van der Waals surface area contributed by atoms with E-state index in [9.17, 15) is 20.1 Å². The lowest BCUT2D eigenvalue weighted by Gasteiger charge is -2.23. The summed E-state index contributed by atoms with van der Waals surface area (Å²) in [5.41, 5.74) is 0.760. The van der Waals surface area contributed by atoms with E-state index in [0.717, 1.165) is 0 Å². The van der Waals surface area contributed by atoms with Crippen LogP contribution in [0.4, 0.5) is 0 Å². The van der Waals surface area contributed by atoms with Gasteiger partial charge in [0.1, 0.15) is 37.3 Å². The van der Waals surface area contributed by atoms with Crippen LogP contribution in [0.3, 0.4) is 0 Å². The van der Waals surface area contributed by atoms with Crippen LogP contribution in [0.15, 0.2) is 36.6 Å². The molecule has 0 saturated carbocycles. The topological polar surface area (TPSA) is 96.2 Å². The molecule has 6 nitrogen and oxygen atoms in total. The van der Waals surface area contributed by atoms with Gasteiger partial charge < -0.3 is 24.8 Å². The highest BCUT2D eigenvalue weighted by atomic mass is 16.5. The van der Waals surface area contributed by atoms with Gasteiger partial charge in [0.25, 0.3) is 0 Å². The molecule has 3 unspecified atom stereocenters. The van der Waals surface area contributed by atoms with Crippen molar-refractivity contribution in [1.29, 1.82) is 0 Å². The van der Waals surface area contributed by atoms with Crippen molar-refractivity contribution in [2.75, 3.05) is 13.2 Å². The fraction of sp³-hybridized carbons (Fsp3) is 0.500. The standard InChI is InChI=1S/C14H22O6/c1-8(2)10(5)19-6-11(15)13(17)12(16)7-20-14(18)9(3)4/h11-13,15-17H,1,3,5-7H2,2,4H3. The minimum Gasteiger partial charge on any atom is -0.491 e. The lowest BCUT2D eigenvalue weighted by atomic mass is 10.1. The summed E-state index contributed by atoms with van der Waals surface area (Å²) in [7, 11) is 0. The molecule has 114 valence electrons. The number of hydrogen-bond acceptors (Lipinski definition) is 6. The van der Waals surface area contributed by atoms with E-state index in [4.69, 9.17) is 4.74 Å². The Morgan fingerprint density at radius 2 is 1.40 bits per heavy atom. The number of hydrogen-bond donors (Lipinski definition) is 3. The van der Waals surface area contributed by atoms with E-state index in [1.807, 2.05) is 0 Å². The van der Waals surface area contributed by atoms with E-state index in [-0.39, 0.29) is 17.9 Å². The van der Waals surface area contributed by atoms with Crippen LogP contribution in [0, 0.1) is 0 Å². The van der Waals surface area contributed by atoms with Crippen molar-refractivity contribution in [3.05, 3.63) is 36.6 Å².